The number of aliphatic hydroxyl groups is 1. The standard InChI is InChI=1S/C15H18N4O2/c20-14-10-19(15(21)8-13-4-6-17-18-13)9-11(14)7-12-3-1-2-5-16-12/h1-6,11,14,20H,7-10H2,(H,17,18)/t11-,14-/m1/s1. The smallest absolute Gasteiger partial charge is 0.228 e. The molecule has 0 aromatic carbocycles. The lowest BCUT2D eigenvalue weighted by Crippen LogP contribution is -2.31. The summed E-state index contributed by atoms with van der Waals surface area (Å²) in [5, 5.41) is 16.8. The van der Waals surface area contributed by atoms with Gasteiger partial charge in [0, 0.05) is 42.8 Å². The van der Waals surface area contributed by atoms with Crippen molar-refractivity contribution in [3.63, 3.8) is 0 Å². The van der Waals surface area contributed by atoms with E-state index in [1.165, 1.54) is 0 Å². The van der Waals surface area contributed by atoms with Crippen LogP contribution in [-0.4, -0.2) is 50.3 Å². The minimum atomic E-state index is -0.488. The van der Waals surface area contributed by atoms with E-state index in [4.69, 9.17) is 0 Å². The molecular formula is C15H18N4O2. The van der Waals surface area contributed by atoms with Crippen LogP contribution in [0.4, 0.5) is 0 Å². The minimum absolute atomic E-state index is 0.0156. The fourth-order valence-electron chi connectivity index (χ4n) is 2.70. The van der Waals surface area contributed by atoms with Gasteiger partial charge >= 0.3 is 0 Å². The Balaban J connectivity index is 1.59. The van der Waals surface area contributed by atoms with Gasteiger partial charge in [-0.1, -0.05) is 6.07 Å². The lowest BCUT2D eigenvalue weighted by molar-refractivity contribution is -0.129. The van der Waals surface area contributed by atoms with Gasteiger partial charge in [-0.3, -0.25) is 14.9 Å². The van der Waals surface area contributed by atoms with E-state index in [1.807, 2.05) is 18.2 Å². The Morgan fingerprint density at radius 2 is 2.24 bits per heavy atom. The predicted octanol–water partition coefficient (Wildman–Crippen LogP) is 0.409. The van der Waals surface area contributed by atoms with Crippen molar-refractivity contribution in [3.05, 3.63) is 48.0 Å². The maximum absolute atomic E-state index is 12.2. The van der Waals surface area contributed by atoms with Crippen LogP contribution in [0.1, 0.15) is 11.4 Å². The van der Waals surface area contributed by atoms with Crippen LogP contribution in [-0.2, 0) is 17.6 Å². The molecule has 2 aromatic rings. The number of carbonyl (C=O) groups excluding carboxylic acids is 1. The number of aliphatic hydroxyl groups excluding tert-OH is 1. The summed E-state index contributed by atoms with van der Waals surface area (Å²) >= 11 is 0. The first-order valence-electron chi connectivity index (χ1n) is 7.06. The lowest BCUT2D eigenvalue weighted by Gasteiger charge is -2.15. The van der Waals surface area contributed by atoms with Gasteiger partial charge in [0.05, 0.1) is 12.5 Å². The van der Waals surface area contributed by atoms with Crippen LogP contribution in [0.15, 0.2) is 36.7 Å². The molecule has 6 nitrogen and oxygen atoms in total. The van der Waals surface area contributed by atoms with Crippen molar-refractivity contribution in [1.29, 1.82) is 0 Å². The molecule has 0 aliphatic carbocycles. The summed E-state index contributed by atoms with van der Waals surface area (Å²) < 4.78 is 0. The van der Waals surface area contributed by atoms with E-state index in [9.17, 15) is 9.90 Å². The number of nitrogens with zero attached hydrogens (tertiary/aromatic N) is 3. The normalized spacial score (nSPS) is 21.7. The topological polar surface area (TPSA) is 82.1 Å². The molecule has 21 heavy (non-hydrogen) atoms. The lowest BCUT2D eigenvalue weighted by atomic mass is 10.00. The first-order chi connectivity index (χ1) is 10.2. The van der Waals surface area contributed by atoms with Crippen LogP contribution in [0.5, 0.6) is 0 Å². The molecule has 1 fully saturated rings. The molecule has 2 aromatic heterocycles. The summed E-state index contributed by atoms with van der Waals surface area (Å²) in [5.41, 5.74) is 1.74. The highest BCUT2D eigenvalue weighted by molar-refractivity contribution is 5.78. The Kier molecular flexibility index (Phi) is 3.96. The van der Waals surface area contributed by atoms with Gasteiger partial charge in [0.25, 0.3) is 0 Å². The van der Waals surface area contributed by atoms with E-state index in [-0.39, 0.29) is 11.8 Å². The molecule has 6 heteroatoms. The minimum Gasteiger partial charge on any atom is -0.391 e. The number of hydrogen-bond donors (Lipinski definition) is 2. The quantitative estimate of drug-likeness (QED) is 0.853. The molecular weight excluding hydrogens is 268 g/mol. The van der Waals surface area contributed by atoms with E-state index in [2.05, 4.69) is 15.2 Å². The number of β-amino-alcohol motifs (C(OH)–C–C–N with tert-alkyl or cyclic N) is 1. The zero-order valence-electron chi connectivity index (χ0n) is 11.6. The molecule has 1 saturated heterocycles. The Hall–Kier alpha value is -2.21. The van der Waals surface area contributed by atoms with E-state index in [0.717, 1.165) is 11.4 Å². The number of aromatic nitrogens is 3. The largest absolute Gasteiger partial charge is 0.391 e. The average molecular weight is 286 g/mol. The second-order valence-electron chi connectivity index (χ2n) is 5.41. The number of pyridine rings is 1. The molecule has 2 atom stereocenters. The van der Waals surface area contributed by atoms with Crippen LogP contribution in [0.25, 0.3) is 0 Å². The van der Waals surface area contributed by atoms with Gasteiger partial charge in [-0.25, -0.2) is 0 Å². The highest BCUT2D eigenvalue weighted by Gasteiger charge is 2.34. The Labute approximate surface area is 122 Å². The van der Waals surface area contributed by atoms with Gasteiger partial charge in [-0.05, 0) is 24.6 Å². The van der Waals surface area contributed by atoms with Crippen LogP contribution in [0.2, 0.25) is 0 Å². The number of hydrogen-bond acceptors (Lipinski definition) is 4. The van der Waals surface area contributed by atoms with Crippen molar-refractivity contribution >= 4 is 5.91 Å². The second-order valence-corrected chi connectivity index (χ2v) is 5.41. The number of aromatic amines is 1. The molecule has 1 amide bonds. The van der Waals surface area contributed by atoms with Crippen LogP contribution in [0, 0.1) is 5.92 Å². The van der Waals surface area contributed by atoms with Crippen molar-refractivity contribution in [2.75, 3.05) is 13.1 Å². The van der Waals surface area contributed by atoms with Gasteiger partial charge < -0.3 is 10.0 Å². The number of likely N-dealkylation sites (tertiary alicyclic amines) is 1. The number of H-pyrrole nitrogens is 1. The Morgan fingerprint density at radius 1 is 1.33 bits per heavy atom. The fourth-order valence-corrected chi connectivity index (χ4v) is 2.70. The third-order valence-corrected chi connectivity index (χ3v) is 3.86. The van der Waals surface area contributed by atoms with Crippen LogP contribution in [0.3, 0.4) is 0 Å². The summed E-state index contributed by atoms with van der Waals surface area (Å²) in [4.78, 5) is 18.2. The zero-order valence-corrected chi connectivity index (χ0v) is 11.6. The Morgan fingerprint density at radius 3 is 2.95 bits per heavy atom. The molecule has 1 aliphatic heterocycles. The van der Waals surface area contributed by atoms with E-state index in [1.54, 1.807) is 23.4 Å². The SMILES string of the molecule is O=C(Cc1ccn[nH]1)N1C[C@@H](Cc2ccccn2)[C@H](O)C1. The van der Waals surface area contributed by atoms with Crippen molar-refractivity contribution in [2.24, 2.45) is 5.92 Å². The van der Waals surface area contributed by atoms with Gasteiger partial charge in [-0.2, -0.15) is 5.10 Å². The fraction of sp³-hybridized carbons (Fsp3) is 0.400. The third-order valence-electron chi connectivity index (χ3n) is 3.86. The van der Waals surface area contributed by atoms with Crippen LogP contribution >= 0.6 is 0 Å². The second kappa shape index (κ2) is 6.05. The summed E-state index contributed by atoms with van der Waals surface area (Å²) in [6.07, 6.45) is 3.87. The molecule has 0 saturated carbocycles. The van der Waals surface area contributed by atoms with Crippen molar-refractivity contribution in [3.8, 4) is 0 Å². The third kappa shape index (κ3) is 3.28. The van der Waals surface area contributed by atoms with E-state index < -0.39 is 6.10 Å². The van der Waals surface area contributed by atoms with Gasteiger partial charge in [0.2, 0.25) is 5.91 Å². The monoisotopic (exact) mass is 286 g/mol. The molecule has 0 bridgehead atoms. The molecule has 0 unspecified atom stereocenters. The first-order valence-corrected chi connectivity index (χ1v) is 7.06. The van der Waals surface area contributed by atoms with Crippen molar-refractivity contribution in [1.82, 2.24) is 20.1 Å². The van der Waals surface area contributed by atoms with Gasteiger partial charge in [-0.15, -0.1) is 0 Å². The first kappa shape index (κ1) is 13.8. The Bertz CT molecular complexity index is 585. The molecule has 110 valence electrons. The van der Waals surface area contributed by atoms with Crippen LogP contribution < -0.4 is 0 Å². The zero-order chi connectivity index (χ0) is 14.7. The van der Waals surface area contributed by atoms with Gasteiger partial charge in [0.15, 0.2) is 0 Å². The van der Waals surface area contributed by atoms with Crippen molar-refractivity contribution in [2.45, 2.75) is 18.9 Å². The maximum Gasteiger partial charge on any atom is 0.228 e. The number of amides is 1. The predicted molar refractivity (Wildman–Crippen MR) is 76.3 cm³/mol. The summed E-state index contributed by atoms with van der Waals surface area (Å²) in [5.74, 6) is 0.0624. The maximum atomic E-state index is 12.2. The molecule has 3 rings (SSSR count). The summed E-state index contributed by atoms with van der Waals surface area (Å²) in [6.45, 7) is 0.967. The highest BCUT2D eigenvalue weighted by atomic mass is 16.3. The number of rotatable bonds is 4. The number of nitrogens with one attached hydrogen (secondary N) is 1. The van der Waals surface area contributed by atoms with E-state index in [0.29, 0.717) is 25.9 Å². The highest BCUT2D eigenvalue weighted by Crippen LogP contribution is 2.21. The molecule has 2 N–H and O–H groups in total. The van der Waals surface area contributed by atoms with E-state index >= 15 is 0 Å². The molecule has 1 aliphatic rings. The molecule has 0 radical (unpaired) electrons. The summed E-state index contributed by atoms with van der Waals surface area (Å²) in [6, 6.07) is 7.54. The van der Waals surface area contributed by atoms with Gasteiger partial charge in [0.1, 0.15) is 0 Å². The van der Waals surface area contributed by atoms with Crippen molar-refractivity contribution < 1.29 is 9.90 Å². The average Bonchev–Trinajstić information content (AvgIpc) is 3.11. The molecule has 3 heterocycles. The number of carbonyl (C=O) groups is 1. The molecule has 0 spiro atoms. The summed E-state index contributed by atoms with van der Waals surface area (Å²) in [7, 11) is 0.